The van der Waals surface area contributed by atoms with Crippen molar-refractivity contribution in [3.8, 4) is 0 Å². The van der Waals surface area contributed by atoms with Crippen molar-refractivity contribution in [2.45, 2.75) is 23.6 Å². The van der Waals surface area contributed by atoms with E-state index in [1.54, 1.807) is 11.9 Å². The number of carbonyl (C=O) groups is 2. The molecule has 2 heterocycles. The summed E-state index contributed by atoms with van der Waals surface area (Å²) in [6.45, 7) is 1.30. The smallest absolute Gasteiger partial charge is 0.252 e. The molecule has 6 radical (unpaired) electrons. The van der Waals surface area contributed by atoms with Crippen LogP contribution in [0.3, 0.4) is 0 Å². The van der Waals surface area contributed by atoms with Crippen LogP contribution in [-0.4, -0.2) is 84.5 Å². The summed E-state index contributed by atoms with van der Waals surface area (Å²) >= 11 is 0. The van der Waals surface area contributed by atoms with Crippen molar-refractivity contribution in [2.24, 2.45) is 0 Å². The van der Waals surface area contributed by atoms with Gasteiger partial charge < -0.3 is 14.5 Å². The van der Waals surface area contributed by atoms with Crippen molar-refractivity contribution in [3.05, 3.63) is 11.6 Å². The first-order valence-electron chi connectivity index (χ1n) is 6.88. The number of ether oxygens (including phenoxy) is 1. The third kappa shape index (κ3) is 2.91. The van der Waals surface area contributed by atoms with Gasteiger partial charge in [-0.25, -0.2) is 0 Å². The molecule has 21 heavy (non-hydrogen) atoms. The van der Waals surface area contributed by atoms with Crippen LogP contribution < -0.4 is 0 Å². The second kappa shape index (κ2) is 5.56. The quantitative estimate of drug-likeness (QED) is 0.622. The summed E-state index contributed by atoms with van der Waals surface area (Å²) in [5.41, 5.74) is -0.224. The Bertz CT molecular complexity index is 490. The Labute approximate surface area is 129 Å². The van der Waals surface area contributed by atoms with Crippen LogP contribution in [0.5, 0.6) is 0 Å². The van der Waals surface area contributed by atoms with Gasteiger partial charge in [-0.15, -0.1) is 0 Å². The summed E-state index contributed by atoms with van der Waals surface area (Å²) in [5.74, 6) is -0.629. The van der Waals surface area contributed by atoms with Crippen molar-refractivity contribution < 1.29 is 14.3 Å². The van der Waals surface area contributed by atoms with Crippen LogP contribution in [0.25, 0.3) is 0 Å². The molecule has 2 aliphatic heterocycles. The minimum atomic E-state index is -1.91. The number of rotatable bonds is 3. The van der Waals surface area contributed by atoms with Crippen molar-refractivity contribution in [1.29, 1.82) is 0 Å². The number of likely N-dealkylation sites (N-methyl/N-ethyl adjacent to an activating group) is 1. The summed E-state index contributed by atoms with van der Waals surface area (Å²) in [5, 5.41) is -1.91. The molecule has 0 aromatic carbocycles. The lowest BCUT2D eigenvalue weighted by atomic mass is 9.42. The third-order valence-electron chi connectivity index (χ3n) is 4.16. The lowest BCUT2D eigenvalue weighted by Gasteiger charge is -2.35. The highest BCUT2D eigenvalue weighted by atomic mass is 16.5. The standard InChI is InChI=1S/C13H17B3N2O3/c1-17-6-3-4-9(10(17)19)12(21-2)5-7-18(8-12)11(20)13(14,15)16/h4H,3,5-8H2,1-2H3. The lowest BCUT2D eigenvalue weighted by molar-refractivity contribution is -0.133. The van der Waals surface area contributed by atoms with Gasteiger partial charge in [-0.3, -0.25) is 9.59 Å². The molecule has 1 saturated heterocycles. The largest absolute Gasteiger partial charge is 0.371 e. The second-order valence-electron chi connectivity index (χ2n) is 5.74. The van der Waals surface area contributed by atoms with E-state index in [2.05, 4.69) is 0 Å². The molecule has 0 spiro atoms. The Kier molecular flexibility index (Phi) is 4.29. The van der Waals surface area contributed by atoms with E-state index in [1.807, 2.05) is 6.08 Å². The van der Waals surface area contributed by atoms with E-state index >= 15 is 0 Å². The van der Waals surface area contributed by atoms with Crippen LogP contribution in [0.4, 0.5) is 0 Å². The van der Waals surface area contributed by atoms with Gasteiger partial charge in [0.15, 0.2) is 0 Å². The molecule has 0 bridgehead atoms. The van der Waals surface area contributed by atoms with E-state index in [1.165, 1.54) is 12.0 Å². The van der Waals surface area contributed by atoms with Gasteiger partial charge >= 0.3 is 0 Å². The van der Waals surface area contributed by atoms with Gasteiger partial charge in [-0.05, 0) is 6.42 Å². The molecule has 2 rings (SSSR count). The fourth-order valence-electron chi connectivity index (χ4n) is 2.90. The minimum absolute atomic E-state index is 0.0723. The zero-order chi connectivity index (χ0) is 15.8. The Morgan fingerprint density at radius 3 is 2.62 bits per heavy atom. The van der Waals surface area contributed by atoms with Crippen LogP contribution in [-0.2, 0) is 14.3 Å². The van der Waals surface area contributed by atoms with Crippen LogP contribution in [0.15, 0.2) is 11.6 Å². The first-order chi connectivity index (χ1) is 9.71. The van der Waals surface area contributed by atoms with Gasteiger partial charge in [0.1, 0.15) is 5.60 Å². The molecule has 1 atom stereocenters. The normalized spacial score (nSPS) is 27.0. The number of likely N-dealkylation sites (tertiary alicyclic amines) is 1. The van der Waals surface area contributed by atoms with Crippen molar-refractivity contribution in [2.75, 3.05) is 33.8 Å². The molecular weight excluding hydrogens is 265 g/mol. The maximum absolute atomic E-state index is 12.3. The number of nitrogens with zero attached hydrogens (tertiary/aromatic N) is 2. The molecule has 1 unspecified atom stereocenters. The van der Waals surface area contributed by atoms with Gasteiger partial charge in [0.25, 0.3) is 5.91 Å². The third-order valence-corrected chi connectivity index (χ3v) is 4.16. The van der Waals surface area contributed by atoms with E-state index in [9.17, 15) is 9.59 Å². The molecule has 0 aromatic rings. The molecule has 0 N–H and O–H groups in total. The highest BCUT2D eigenvalue weighted by Gasteiger charge is 2.47. The van der Waals surface area contributed by atoms with Crippen LogP contribution in [0.2, 0.25) is 5.11 Å². The molecule has 2 amide bonds. The van der Waals surface area contributed by atoms with Crippen molar-refractivity contribution in [1.82, 2.24) is 9.80 Å². The monoisotopic (exact) mass is 282 g/mol. The average Bonchev–Trinajstić information content (AvgIpc) is 2.85. The number of amides is 2. The SMILES string of the molecule is [B]C([B])([B])C(=O)N1CCC(OC)(C2=CCCN(C)C2=O)C1. The first kappa shape index (κ1) is 16.2. The summed E-state index contributed by atoms with van der Waals surface area (Å²) in [7, 11) is 19.6. The molecule has 8 heteroatoms. The number of hydrogen-bond acceptors (Lipinski definition) is 3. The molecule has 0 saturated carbocycles. The van der Waals surface area contributed by atoms with Gasteiger partial charge in [0.2, 0.25) is 5.91 Å². The molecular formula is C13H17B3N2O3. The first-order valence-corrected chi connectivity index (χ1v) is 6.88. The molecule has 106 valence electrons. The average molecular weight is 282 g/mol. The van der Waals surface area contributed by atoms with Crippen LogP contribution in [0.1, 0.15) is 12.8 Å². The van der Waals surface area contributed by atoms with E-state index in [0.717, 1.165) is 6.42 Å². The molecule has 0 aliphatic carbocycles. The van der Waals surface area contributed by atoms with Crippen molar-refractivity contribution >= 4 is 35.4 Å². The minimum Gasteiger partial charge on any atom is -0.371 e. The Morgan fingerprint density at radius 1 is 1.38 bits per heavy atom. The summed E-state index contributed by atoms with van der Waals surface area (Å²) in [4.78, 5) is 27.5. The number of hydrogen-bond donors (Lipinski definition) is 0. The van der Waals surface area contributed by atoms with E-state index in [-0.39, 0.29) is 12.5 Å². The summed E-state index contributed by atoms with van der Waals surface area (Å²) in [6, 6.07) is 0. The maximum Gasteiger partial charge on any atom is 0.252 e. The number of methoxy groups -OCH3 is 1. The van der Waals surface area contributed by atoms with E-state index < -0.39 is 16.6 Å². The Balaban J connectivity index is 2.24. The predicted molar refractivity (Wildman–Crippen MR) is 81.2 cm³/mol. The summed E-state index contributed by atoms with van der Waals surface area (Å²) in [6.07, 6.45) is 3.17. The molecule has 1 fully saturated rings. The fourth-order valence-corrected chi connectivity index (χ4v) is 2.90. The fraction of sp³-hybridized carbons (Fsp3) is 0.692. The van der Waals surface area contributed by atoms with Gasteiger partial charge in [-0.1, -0.05) is 11.2 Å². The molecule has 2 aliphatic rings. The number of carbonyl (C=O) groups excluding carboxylic acids is 2. The summed E-state index contributed by atoms with van der Waals surface area (Å²) < 4.78 is 5.62. The Morgan fingerprint density at radius 2 is 2.05 bits per heavy atom. The van der Waals surface area contributed by atoms with E-state index in [4.69, 9.17) is 28.3 Å². The van der Waals surface area contributed by atoms with Crippen LogP contribution >= 0.6 is 0 Å². The van der Waals surface area contributed by atoms with Crippen LogP contribution in [0, 0.1) is 0 Å². The topological polar surface area (TPSA) is 49.9 Å². The predicted octanol–water partition coefficient (Wildman–Crippen LogP) is -1.03. The maximum atomic E-state index is 12.3. The van der Waals surface area contributed by atoms with Crippen molar-refractivity contribution in [3.63, 3.8) is 0 Å². The zero-order valence-electron chi connectivity index (χ0n) is 12.5. The highest BCUT2D eigenvalue weighted by Crippen LogP contribution is 2.36. The highest BCUT2D eigenvalue weighted by molar-refractivity contribution is 6.68. The lowest BCUT2D eigenvalue weighted by Crippen LogP contribution is -2.48. The van der Waals surface area contributed by atoms with Gasteiger partial charge in [0.05, 0.1) is 30.1 Å². The zero-order valence-corrected chi connectivity index (χ0v) is 12.5. The Hall–Kier alpha value is -1.17. The molecule has 0 aromatic heterocycles. The van der Waals surface area contributed by atoms with E-state index in [0.29, 0.717) is 25.1 Å². The van der Waals surface area contributed by atoms with Gasteiger partial charge in [0, 0.05) is 39.2 Å². The second-order valence-corrected chi connectivity index (χ2v) is 5.74. The van der Waals surface area contributed by atoms with Gasteiger partial charge in [-0.2, -0.15) is 0 Å². The molecule has 5 nitrogen and oxygen atoms in total.